The Labute approximate surface area is 149 Å². The molecular weight excluding hydrogens is 344 g/mol. The van der Waals surface area contributed by atoms with E-state index in [1.807, 2.05) is 0 Å². The van der Waals surface area contributed by atoms with E-state index in [0.29, 0.717) is 12.0 Å². The number of hydrogen-bond donors (Lipinski definition) is 2. The summed E-state index contributed by atoms with van der Waals surface area (Å²) in [5, 5.41) is 11.8. The smallest absolute Gasteiger partial charge is 0.312 e. The second-order valence-corrected chi connectivity index (χ2v) is 5.63. The Kier molecular flexibility index (Phi) is 7.08. The number of rotatable bonds is 9. The number of hydrogen-bond acceptors (Lipinski definition) is 3. The van der Waals surface area contributed by atoms with E-state index >= 15 is 0 Å². The Balaban J connectivity index is 1.75. The quantitative estimate of drug-likeness (QED) is 0.672. The number of carbonyl (C=O) groups excluding carboxylic acids is 1. The number of carboxylic acids is 1. The normalized spacial score (nSPS) is 11.6. The fraction of sp³-hybridized carbons (Fsp3) is 0.263. The van der Waals surface area contributed by atoms with Gasteiger partial charge in [-0.3, -0.25) is 9.59 Å². The molecule has 138 valence electrons. The molecule has 0 aliphatic rings. The van der Waals surface area contributed by atoms with Gasteiger partial charge in [0, 0.05) is 13.0 Å². The molecule has 1 amide bonds. The molecule has 7 heteroatoms. The lowest BCUT2D eigenvalue weighted by Crippen LogP contribution is -2.31. The third-order valence-corrected chi connectivity index (χ3v) is 3.72. The third kappa shape index (κ3) is 5.84. The van der Waals surface area contributed by atoms with Gasteiger partial charge in [-0.1, -0.05) is 24.3 Å². The highest BCUT2D eigenvalue weighted by molar-refractivity contribution is 5.79. The summed E-state index contributed by atoms with van der Waals surface area (Å²) in [6.45, 7) is 0.0582. The number of halogens is 2. The van der Waals surface area contributed by atoms with Crippen molar-refractivity contribution in [1.82, 2.24) is 5.32 Å². The minimum atomic E-state index is -1.11. The van der Waals surface area contributed by atoms with Gasteiger partial charge < -0.3 is 15.2 Å². The van der Waals surface area contributed by atoms with Crippen molar-refractivity contribution in [1.29, 1.82) is 0 Å². The average molecular weight is 363 g/mol. The van der Waals surface area contributed by atoms with Crippen LogP contribution in [0.5, 0.6) is 5.75 Å². The second-order valence-electron chi connectivity index (χ2n) is 5.63. The number of ether oxygens (including phenoxy) is 1. The molecule has 2 aromatic rings. The van der Waals surface area contributed by atoms with Crippen molar-refractivity contribution in [2.75, 3.05) is 13.2 Å². The summed E-state index contributed by atoms with van der Waals surface area (Å²) >= 11 is 0. The topological polar surface area (TPSA) is 75.6 Å². The van der Waals surface area contributed by atoms with E-state index in [2.05, 4.69) is 5.32 Å². The number of nitrogens with one attached hydrogen (secondary N) is 1. The maximum atomic E-state index is 13.4. The second kappa shape index (κ2) is 9.50. The number of carboxylic acid groups (broad SMARTS) is 1. The minimum Gasteiger partial charge on any atom is -0.491 e. The largest absolute Gasteiger partial charge is 0.491 e. The van der Waals surface area contributed by atoms with Crippen LogP contribution in [0.1, 0.15) is 24.3 Å². The van der Waals surface area contributed by atoms with Crippen molar-refractivity contribution in [2.45, 2.75) is 18.8 Å². The maximum absolute atomic E-state index is 13.4. The van der Waals surface area contributed by atoms with Crippen LogP contribution in [-0.2, 0) is 9.59 Å². The number of benzene rings is 2. The molecule has 0 bridgehead atoms. The summed E-state index contributed by atoms with van der Waals surface area (Å²) < 4.78 is 31.5. The molecule has 1 unspecified atom stereocenters. The van der Waals surface area contributed by atoms with Crippen LogP contribution >= 0.6 is 0 Å². The van der Waals surface area contributed by atoms with Crippen molar-refractivity contribution < 1.29 is 28.2 Å². The highest BCUT2D eigenvalue weighted by Gasteiger charge is 2.20. The van der Waals surface area contributed by atoms with Gasteiger partial charge in [0.1, 0.15) is 5.82 Å². The molecular formula is C19H19F2NO4. The fourth-order valence-corrected chi connectivity index (χ4v) is 2.32. The molecule has 26 heavy (non-hydrogen) atoms. The van der Waals surface area contributed by atoms with Gasteiger partial charge in [0.2, 0.25) is 5.91 Å². The molecule has 5 nitrogen and oxygen atoms in total. The molecule has 0 aromatic heterocycles. The van der Waals surface area contributed by atoms with Crippen molar-refractivity contribution in [3.63, 3.8) is 0 Å². The highest BCUT2D eigenvalue weighted by atomic mass is 19.1. The number of amides is 1. The van der Waals surface area contributed by atoms with Crippen LogP contribution in [0, 0.1) is 11.6 Å². The summed E-state index contributed by atoms with van der Waals surface area (Å²) in [5.74, 6) is -3.23. The lowest BCUT2D eigenvalue weighted by Gasteiger charge is -2.14. The van der Waals surface area contributed by atoms with Crippen LogP contribution in [-0.4, -0.2) is 30.1 Å². The van der Waals surface area contributed by atoms with Gasteiger partial charge in [-0.2, -0.15) is 0 Å². The van der Waals surface area contributed by atoms with E-state index in [9.17, 15) is 23.5 Å². The van der Waals surface area contributed by atoms with Crippen LogP contribution in [0.25, 0.3) is 0 Å². The molecule has 0 aliphatic heterocycles. The molecule has 2 N–H and O–H groups in total. The summed E-state index contributed by atoms with van der Waals surface area (Å²) in [6.07, 6.45) is 0.471. The van der Waals surface area contributed by atoms with Crippen LogP contribution < -0.4 is 10.1 Å². The number of para-hydroxylation sites is 1. The highest BCUT2D eigenvalue weighted by Crippen LogP contribution is 2.17. The van der Waals surface area contributed by atoms with Crippen molar-refractivity contribution >= 4 is 11.9 Å². The molecule has 0 heterocycles. The predicted molar refractivity (Wildman–Crippen MR) is 90.9 cm³/mol. The van der Waals surface area contributed by atoms with Gasteiger partial charge in [-0.15, -0.1) is 0 Å². The molecule has 0 radical (unpaired) electrons. The van der Waals surface area contributed by atoms with Crippen LogP contribution in [0.3, 0.4) is 0 Å². The Hall–Kier alpha value is -2.96. The maximum Gasteiger partial charge on any atom is 0.312 e. The monoisotopic (exact) mass is 363 g/mol. The average Bonchev–Trinajstić information content (AvgIpc) is 2.61. The zero-order chi connectivity index (χ0) is 18.9. The van der Waals surface area contributed by atoms with Gasteiger partial charge in [0.05, 0.1) is 12.5 Å². The number of carbonyl (C=O) groups is 2. The van der Waals surface area contributed by atoms with Crippen molar-refractivity contribution in [3.05, 3.63) is 65.7 Å². The van der Waals surface area contributed by atoms with Gasteiger partial charge in [0.25, 0.3) is 0 Å². The van der Waals surface area contributed by atoms with Crippen molar-refractivity contribution in [3.8, 4) is 5.75 Å². The van der Waals surface area contributed by atoms with E-state index in [1.165, 1.54) is 36.4 Å². The van der Waals surface area contributed by atoms with Gasteiger partial charge in [-0.05, 0) is 36.2 Å². The van der Waals surface area contributed by atoms with E-state index < -0.39 is 23.5 Å². The Morgan fingerprint density at radius 2 is 1.77 bits per heavy atom. The predicted octanol–water partition coefficient (Wildman–Crippen LogP) is 3.11. The minimum absolute atomic E-state index is 0.103. The molecule has 0 fully saturated rings. The first-order valence-electron chi connectivity index (χ1n) is 8.09. The first-order chi connectivity index (χ1) is 12.5. The van der Waals surface area contributed by atoms with E-state index in [4.69, 9.17) is 4.74 Å². The molecule has 0 aliphatic carbocycles. The Morgan fingerprint density at radius 3 is 2.42 bits per heavy atom. The van der Waals surface area contributed by atoms with E-state index in [0.717, 1.165) is 0 Å². The fourth-order valence-electron chi connectivity index (χ4n) is 2.32. The molecule has 0 spiro atoms. The lowest BCUT2D eigenvalue weighted by molar-refractivity contribution is -0.138. The number of aliphatic carboxylic acids is 1. The van der Waals surface area contributed by atoms with Gasteiger partial charge in [-0.25, -0.2) is 8.78 Å². The van der Waals surface area contributed by atoms with E-state index in [1.54, 1.807) is 12.1 Å². The van der Waals surface area contributed by atoms with Crippen LogP contribution in [0.15, 0.2) is 48.5 Å². The van der Waals surface area contributed by atoms with E-state index in [-0.39, 0.29) is 31.2 Å². The Bertz CT molecular complexity index is 749. The van der Waals surface area contributed by atoms with Crippen LogP contribution in [0.2, 0.25) is 0 Å². The standard InChI is InChI=1S/C19H19F2NO4/c20-14-9-7-13(8-10-14)15(19(24)25)12-22-18(23)6-3-11-26-17-5-2-1-4-16(17)21/h1-2,4-5,7-10,15H,3,6,11-12H2,(H,22,23)(H,24,25). The molecule has 0 saturated heterocycles. The summed E-state index contributed by atoms with van der Waals surface area (Å²) in [5.41, 5.74) is 0.405. The Morgan fingerprint density at radius 1 is 1.08 bits per heavy atom. The first kappa shape index (κ1) is 19.4. The van der Waals surface area contributed by atoms with Crippen LogP contribution in [0.4, 0.5) is 8.78 Å². The zero-order valence-electron chi connectivity index (χ0n) is 14.0. The van der Waals surface area contributed by atoms with Gasteiger partial charge >= 0.3 is 5.97 Å². The molecule has 0 saturated carbocycles. The van der Waals surface area contributed by atoms with Crippen molar-refractivity contribution in [2.24, 2.45) is 0 Å². The summed E-state index contributed by atoms with van der Waals surface area (Å²) in [4.78, 5) is 23.2. The van der Waals surface area contributed by atoms with Gasteiger partial charge in [0.15, 0.2) is 11.6 Å². The lowest BCUT2D eigenvalue weighted by atomic mass is 9.99. The molecule has 1 atom stereocenters. The molecule has 2 aromatic carbocycles. The first-order valence-corrected chi connectivity index (χ1v) is 8.09. The zero-order valence-corrected chi connectivity index (χ0v) is 14.0. The molecule has 2 rings (SSSR count). The SMILES string of the molecule is O=C(CCCOc1ccccc1F)NCC(C(=O)O)c1ccc(F)cc1. The summed E-state index contributed by atoms with van der Waals surface area (Å²) in [7, 11) is 0. The summed E-state index contributed by atoms with van der Waals surface area (Å²) in [6, 6.07) is 11.1. The third-order valence-electron chi connectivity index (χ3n) is 3.72.